The van der Waals surface area contributed by atoms with Gasteiger partial charge in [-0.15, -0.1) is 11.6 Å². The molecule has 1 atom stereocenters. The van der Waals surface area contributed by atoms with Crippen LogP contribution in [-0.4, -0.2) is 31.7 Å². The lowest BCUT2D eigenvalue weighted by Gasteiger charge is -2.06. The average molecular weight is 214 g/mol. The van der Waals surface area contributed by atoms with Gasteiger partial charge in [-0.25, -0.2) is 8.42 Å². The maximum absolute atomic E-state index is 11.1. The molecule has 0 aromatic rings. The van der Waals surface area contributed by atoms with Crippen molar-refractivity contribution in [3.8, 4) is 0 Å². The van der Waals surface area contributed by atoms with Crippen LogP contribution < -0.4 is 5.73 Å². The van der Waals surface area contributed by atoms with Crippen LogP contribution in [0.1, 0.15) is 6.92 Å². The number of halogens is 1. The Balaban J connectivity index is 4.16. The van der Waals surface area contributed by atoms with Gasteiger partial charge in [0.1, 0.15) is 0 Å². The largest absolute Gasteiger partial charge is 0.369 e. The second kappa shape index (κ2) is 4.67. The number of alkyl halides is 1. The average Bonchev–Trinajstić information content (AvgIpc) is 1.85. The van der Waals surface area contributed by atoms with E-state index in [0.29, 0.717) is 0 Å². The number of rotatable bonds is 5. The minimum absolute atomic E-state index is 0.0494. The Bertz CT molecular complexity index is 250. The van der Waals surface area contributed by atoms with Crippen LogP contribution in [0.3, 0.4) is 0 Å². The first-order chi connectivity index (χ1) is 5.39. The van der Waals surface area contributed by atoms with Gasteiger partial charge < -0.3 is 5.73 Å². The summed E-state index contributed by atoms with van der Waals surface area (Å²) < 4.78 is 22.1. The molecule has 0 unspecified atom stereocenters. The topological polar surface area (TPSA) is 77.2 Å². The smallest absolute Gasteiger partial charge is 0.221 e. The number of amides is 1. The molecule has 1 amide bonds. The van der Waals surface area contributed by atoms with Crippen LogP contribution >= 0.6 is 11.6 Å². The van der Waals surface area contributed by atoms with Crippen molar-refractivity contribution in [3.05, 3.63) is 0 Å². The fraction of sp³-hybridized carbons (Fsp3) is 0.833. The van der Waals surface area contributed by atoms with Gasteiger partial charge in [0, 0.05) is 11.8 Å². The zero-order valence-corrected chi connectivity index (χ0v) is 8.36. The molecule has 0 aliphatic carbocycles. The van der Waals surface area contributed by atoms with Crippen LogP contribution in [-0.2, 0) is 14.6 Å². The zero-order chi connectivity index (χ0) is 9.78. The third kappa shape index (κ3) is 4.56. The van der Waals surface area contributed by atoms with Crippen molar-refractivity contribution in [2.45, 2.75) is 6.92 Å². The summed E-state index contributed by atoms with van der Waals surface area (Å²) in [5.74, 6) is -1.51. The summed E-state index contributed by atoms with van der Waals surface area (Å²) in [4.78, 5) is 10.5. The van der Waals surface area contributed by atoms with Gasteiger partial charge in [0.05, 0.1) is 11.5 Å². The summed E-state index contributed by atoms with van der Waals surface area (Å²) in [5, 5.41) is 0. The minimum atomic E-state index is -3.21. The number of primary amides is 1. The molecule has 0 heterocycles. The van der Waals surface area contributed by atoms with Crippen molar-refractivity contribution in [1.82, 2.24) is 0 Å². The molecular formula is C6H12ClNO3S. The van der Waals surface area contributed by atoms with Crippen molar-refractivity contribution in [1.29, 1.82) is 0 Å². The molecule has 0 aromatic heterocycles. The molecule has 4 nitrogen and oxygen atoms in total. The van der Waals surface area contributed by atoms with Gasteiger partial charge in [-0.3, -0.25) is 4.79 Å². The van der Waals surface area contributed by atoms with Crippen molar-refractivity contribution < 1.29 is 13.2 Å². The normalized spacial score (nSPS) is 14.2. The molecule has 0 fully saturated rings. The molecule has 0 aliphatic heterocycles. The minimum Gasteiger partial charge on any atom is -0.369 e. The highest BCUT2D eigenvalue weighted by Gasteiger charge is 2.18. The van der Waals surface area contributed by atoms with Crippen molar-refractivity contribution in [2.24, 2.45) is 11.7 Å². The van der Waals surface area contributed by atoms with E-state index in [1.165, 1.54) is 6.92 Å². The molecule has 6 heteroatoms. The van der Waals surface area contributed by atoms with E-state index in [0.717, 1.165) is 0 Å². The number of sulfone groups is 1. The van der Waals surface area contributed by atoms with Crippen LogP contribution in [0.2, 0.25) is 0 Å². The van der Waals surface area contributed by atoms with Crippen LogP contribution in [0.15, 0.2) is 0 Å². The summed E-state index contributed by atoms with van der Waals surface area (Å²) in [6.45, 7) is 1.48. The predicted molar refractivity (Wildman–Crippen MR) is 47.7 cm³/mol. The SMILES string of the molecule is C[C@@H](CS(=O)(=O)CCCl)C(N)=O. The first-order valence-electron chi connectivity index (χ1n) is 3.45. The van der Waals surface area contributed by atoms with Crippen molar-refractivity contribution >= 4 is 27.3 Å². The summed E-state index contributed by atoms with van der Waals surface area (Å²) in [6, 6.07) is 0. The first-order valence-corrected chi connectivity index (χ1v) is 5.80. The summed E-state index contributed by atoms with van der Waals surface area (Å²) >= 11 is 5.25. The van der Waals surface area contributed by atoms with Crippen LogP contribution in [0.4, 0.5) is 0 Å². The summed E-state index contributed by atoms with van der Waals surface area (Å²) in [7, 11) is -3.21. The third-order valence-corrected chi connectivity index (χ3v) is 3.62. The lowest BCUT2D eigenvalue weighted by molar-refractivity contribution is -0.120. The van der Waals surface area contributed by atoms with E-state index in [-0.39, 0.29) is 17.4 Å². The fourth-order valence-corrected chi connectivity index (χ4v) is 2.70. The third-order valence-electron chi connectivity index (χ3n) is 1.38. The predicted octanol–water partition coefficient (Wildman–Crippen LogP) is -0.239. The molecule has 0 spiro atoms. The standard InChI is InChI=1S/C6H12ClNO3S/c1-5(6(8)9)4-12(10,11)3-2-7/h5H,2-4H2,1H3,(H2,8,9)/t5-/m0/s1. The molecule has 0 rings (SSSR count). The van der Waals surface area contributed by atoms with E-state index in [4.69, 9.17) is 17.3 Å². The highest BCUT2D eigenvalue weighted by molar-refractivity contribution is 7.91. The molecule has 12 heavy (non-hydrogen) atoms. The highest BCUT2D eigenvalue weighted by atomic mass is 35.5. The molecule has 0 bridgehead atoms. The maximum Gasteiger partial charge on any atom is 0.221 e. The maximum atomic E-state index is 11.1. The Kier molecular flexibility index (Phi) is 4.55. The molecule has 72 valence electrons. The van der Waals surface area contributed by atoms with Gasteiger partial charge in [-0.2, -0.15) is 0 Å². The Morgan fingerprint density at radius 3 is 2.42 bits per heavy atom. The van der Waals surface area contributed by atoms with Gasteiger partial charge >= 0.3 is 0 Å². The van der Waals surface area contributed by atoms with Crippen molar-refractivity contribution in [2.75, 3.05) is 17.4 Å². The molecule has 0 saturated heterocycles. The van der Waals surface area contributed by atoms with Crippen LogP contribution in [0.5, 0.6) is 0 Å². The highest BCUT2D eigenvalue weighted by Crippen LogP contribution is 2.01. The van der Waals surface area contributed by atoms with E-state index in [1.807, 2.05) is 0 Å². The monoisotopic (exact) mass is 213 g/mol. The molecule has 2 N–H and O–H groups in total. The number of nitrogens with two attached hydrogens (primary N) is 1. The molecule has 0 aliphatic rings. The molecule has 0 radical (unpaired) electrons. The fourth-order valence-electron chi connectivity index (χ4n) is 0.664. The van der Waals surface area contributed by atoms with Gasteiger partial charge in [0.25, 0.3) is 0 Å². The van der Waals surface area contributed by atoms with Crippen molar-refractivity contribution in [3.63, 3.8) is 0 Å². The summed E-state index contributed by atoms with van der Waals surface area (Å²) in [5.41, 5.74) is 4.90. The van der Waals surface area contributed by atoms with Crippen LogP contribution in [0.25, 0.3) is 0 Å². The number of hydrogen-bond acceptors (Lipinski definition) is 3. The van der Waals surface area contributed by atoms with Gasteiger partial charge in [-0.1, -0.05) is 6.92 Å². The molecular weight excluding hydrogens is 202 g/mol. The van der Waals surface area contributed by atoms with E-state index < -0.39 is 21.7 Å². The van der Waals surface area contributed by atoms with E-state index in [9.17, 15) is 13.2 Å². The number of carbonyl (C=O) groups is 1. The second-order valence-electron chi connectivity index (χ2n) is 2.61. The van der Waals surface area contributed by atoms with Gasteiger partial charge in [0.15, 0.2) is 9.84 Å². The quantitative estimate of drug-likeness (QED) is 0.641. The number of hydrogen-bond donors (Lipinski definition) is 1. The molecule has 0 saturated carbocycles. The molecule has 0 aromatic carbocycles. The van der Waals surface area contributed by atoms with Gasteiger partial charge in [0.2, 0.25) is 5.91 Å². The lowest BCUT2D eigenvalue weighted by atomic mass is 10.2. The van der Waals surface area contributed by atoms with E-state index in [1.54, 1.807) is 0 Å². The first kappa shape index (κ1) is 11.7. The van der Waals surface area contributed by atoms with Crippen LogP contribution in [0, 0.1) is 5.92 Å². The Morgan fingerprint density at radius 1 is 1.58 bits per heavy atom. The van der Waals surface area contributed by atoms with Gasteiger partial charge in [-0.05, 0) is 0 Å². The Labute approximate surface area is 77.0 Å². The number of carbonyl (C=O) groups excluding carboxylic acids is 1. The van der Waals surface area contributed by atoms with E-state index >= 15 is 0 Å². The van der Waals surface area contributed by atoms with E-state index in [2.05, 4.69) is 0 Å². The second-order valence-corrected chi connectivity index (χ2v) is 5.21. The summed E-state index contributed by atoms with van der Waals surface area (Å²) in [6.07, 6.45) is 0. The lowest BCUT2D eigenvalue weighted by Crippen LogP contribution is -2.28. The Morgan fingerprint density at radius 2 is 2.08 bits per heavy atom. The zero-order valence-electron chi connectivity index (χ0n) is 6.79. The Hall–Kier alpha value is -0.290.